The van der Waals surface area contributed by atoms with Gasteiger partial charge in [-0.25, -0.2) is 0 Å². The minimum Gasteiger partial charge on any atom is -0.326 e. The summed E-state index contributed by atoms with van der Waals surface area (Å²) in [5.41, 5.74) is 4.74. The first-order chi connectivity index (χ1) is 8.90. The standard InChI is InChI=1S/C15H22N2O2/c1-6-12-8-13(7-2)15(17-11(5)19)9(3)14(12)16-10(4)18/h8H,6-7H2,1-5H3,(H,16,18)(H,17,19). The van der Waals surface area contributed by atoms with E-state index in [0.29, 0.717) is 0 Å². The summed E-state index contributed by atoms with van der Waals surface area (Å²) in [6.07, 6.45) is 1.67. The van der Waals surface area contributed by atoms with Crippen molar-refractivity contribution in [3.63, 3.8) is 0 Å². The van der Waals surface area contributed by atoms with Gasteiger partial charge in [0.15, 0.2) is 0 Å². The SMILES string of the molecule is CCc1cc(CC)c(NC(C)=O)c(C)c1NC(C)=O. The minimum atomic E-state index is -0.101. The fourth-order valence-corrected chi connectivity index (χ4v) is 2.22. The van der Waals surface area contributed by atoms with E-state index in [1.807, 2.05) is 6.92 Å². The van der Waals surface area contributed by atoms with Crippen molar-refractivity contribution in [3.05, 3.63) is 22.8 Å². The average Bonchev–Trinajstić information content (AvgIpc) is 2.33. The Kier molecular flexibility index (Phi) is 5.10. The summed E-state index contributed by atoms with van der Waals surface area (Å²) in [4.78, 5) is 22.6. The molecular formula is C15H22N2O2. The fourth-order valence-electron chi connectivity index (χ4n) is 2.22. The summed E-state index contributed by atoms with van der Waals surface area (Å²) in [5, 5.41) is 5.73. The van der Waals surface area contributed by atoms with Crippen LogP contribution in [0.4, 0.5) is 11.4 Å². The summed E-state index contributed by atoms with van der Waals surface area (Å²) in [5.74, 6) is -0.202. The minimum absolute atomic E-state index is 0.101. The maximum atomic E-state index is 11.3. The van der Waals surface area contributed by atoms with Crippen LogP contribution < -0.4 is 10.6 Å². The Balaban J connectivity index is 3.44. The molecule has 0 spiro atoms. The topological polar surface area (TPSA) is 58.2 Å². The molecule has 0 aliphatic heterocycles. The van der Waals surface area contributed by atoms with E-state index in [4.69, 9.17) is 0 Å². The van der Waals surface area contributed by atoms with Gasteiger partial charge >= 0.3 is 0 Å². The molecule has 2 amide bonds. The highest BCUT2D eigenvalue weighted by Gasteiger charge is 2.15. The van der Waals surface area contributed by atoms with Crippen molar-refractivity contribution in [1.29, 1.82) is 0 Å². The van der Waals surface area contributed by atoms with Crippen LogP contribution in [0.2, 0.25) is 0 Å². The molecule has 0 saturated carbocycles. The average molecular weight is 262 g/mol. The maximum absolute atomic E-state index is 11.3. The number of anilines is 2. The van der Waals surface area contributed by atoms with Crippen molar-refractivity contribution in [1.82, 2.24) is 0 Å². The zero-order valence-corrected chi connectivity index (χ0v) is 12.3. The molecule has 0 heterocycles. The Hall–Kier alpha value is -1.84. The Labute approximate surface area is 114 Å². The normalized spacial score (nSPS) is 10.2. The number of aryl methyl sites for hydroxylation is 2. The van der Waals surface area contributed by atoms with Gasteiger partial charge in [0.2, 0.25) is 11.8 Å². The first kappa shape index (κ1) is 15.2. The van der Waals surface area contributed by atoms with Crippen molar-refractivity contribution in [2.75, 3.05) is 10.6 Å². The molecule has 4 heteroatoms. The second kappa shape index (κ2) is 6.36. The highest BCUT2D eigenvalue weighted by molar-refractivity contribution is 5.96. The second-order valence-electron chi connectivity index (χ2n) is 4.64. The van der Waals surface area contributed by atoms with Crippen LogP contribution in [0, 0.1) is 6.92 Å². The second-order valence-corrected chi connectivity index (χ2v) is 4.64. The van der Waals surface area contributed by atoms with E-state index in [0.717, 1.165) is 40.9 Å². The van der Waals surface area contributed by atoms with Crippen LogP contribution in [0.1, 0.15) is 44.4 Å². The lowest BCUT2D eigenvalue weighted by atomic mass is 9.97. The number of nitrogens with one attached hydrogen (secondary N) is 2. The molecule has 0 fully saturated rings. The molecule has 0 aliphatic rings. The van der Waals surface area contributed by atoms with Crippen molar-refractivity contribution in [3.8, 4) is 0 Å². The zero-order chi connectivity index (χ0) is 14.6. The van der Waals surface area contributed by atoms with Crippen LogP contribution >= 0.6 is 0 Å². The number of hydrogen-bond acceptors (Lipinski definition) is 2. The predicted octanol–water partition coefficient (Wildman–Crippen LogP) is 3.04. The van der Waals surface area contributed by atoms with Crippen LogP contribution in [0.15, 0.2) is 6.07 Å². The van der Waals surface area contributed by atoms with Gasteiger partial charge in [-0.05, 0) is 36.5 Å². The van der Waals surface area contributed by atoms with Gasteiger partial charge in [-0.15, -0.1) is 0 Å². The number of carbonyl (C=O) groups excluding carboxylic acids is 2. The summed E-state index contributed by atoms with van der Waals surface area (Å²) in [6.45, 7) is 9.01. The van der Waals surface area contributed by atoms with Crippen LogP contribution in [-0.2, 0) is 22.4 Å². The van der Waals surface area contributed by atoms with Gasteiger partial charge in [0, 0.05) is 25.2 Å². The van der Waals surface area contributed by atoms with Crippen LogP contribution in [0.25, 0.3) is 0 Å². The molecule has 19 heavy (non-hydrogen) atoms. The zero-order valence-electron chi connectivity index (χ0n) is 12.3. The highest BCUT2D eigenvalue weighted by Crippen LogP contribution is 2.32. The number of rotatable bonds is 4. The molecule has 0 bridgehead atoms. The number of hydrogen-bond donors (Lipinski definition) is 2. The third kappa shape index (κ3) is 3.56. The molecule has 1 aromatic carbocycles. The number of benzene rings is 1. The Morgan fingerprint density at radius 3 is 1.58 bits per heavy atom. The monoisotopic (exact) mass is 262 g/mol. The molecule has 0 radical (unpaired) electrons. The van der Waals surface area contributed by atoms with Crippen molar-refractivity contribution < 1.29 is 9.59 Å². The largest absolute Gasteiger partial charge is 0.326 e. The third-order valence-electron chi connectivity index (χ3n) is 3.10. The molecule has 0 aliphatic carbocycles. The van der Waals surface area contributed by atoms with E-state index >= 15 is 0 Å². The summed E-state index contributed by atoms with van der Waals surface area (Å²) in [6, 6.07) is 2.06. The lowest BCUT2D eigenvalue weighted by Gasteiger charge is -2.19. The predicted molar refractivity (Wildman–Crippen MR) is 78.5 cm³/mol. The Bertz CT molecular complexity index is 465. The Morgan fingerprint density at radius 2 is 1.32 bits per heavy atom. The van der Waals surface area contributed by atoms with Gasteiger partial charge < -0.3 is 10.6 Å². The van der Waals surface area contributed by atoms with Crippen LogP contribution in [0.5, 0.6) is 0 Å². The fraction of sp³-hybridized carbons (Fsp3) is 0.467. The van der Waals surface area contributed by atoms with E-state index < -0.39 is 0 Å². The van der Waals surface area contributed by atoms with Gasteiger partial charge in [0.05, 0.1) is 0 Å². The first-order valence-corrected chi connectivity index (χ1v) is 6.61. The lowest BCUT2D eigenvalue weighted by Crippen LogP contribution is -2.15. The molecule has 104 valence electrons. The van der Waals surface area contributed by atoms with E-state index in [2.05, 4.69) is 30.5 Å². The molecule has 0 aromatic heterocycles. The van der Waals surface area contributed by atoms with E-state index in [1.54, 1.807) is 0 Å². The van der Waals surface area contributed by atoms with Crippen molar-refractivity contribution in [2.24, 2.45) is 0 Å². The van der Waals surface area contributed by atoms with Crippen molar-refractivity contribution in [2.45, 2.75) is 47.5 Å². The van der Waals surface area contributed by atoms with Gasteiger partial charge in [-0.1, -0.05) is 19.9 Å². The molecule has 4 nitrogen and oxygen atoms in total. The highest BCUT2D eigenvalue weighted by atomic mass is 16.2. The maximum Gasteiger partial charge on any atom is 0.221 e. The summed E-state index contributed by atoms with van der Waals surface area (Å²) >= 11 is 0. The lowest BCUT2D eigenvalue weighted by molar-refractivity contribution is -0.115. The quantitative estimate of drug-likeness (QED) is 0.876. The third-order valence-corrected chi connectivity index (χ3v) is 3.10. The first-order valence-electron chi connectivity index (χ1n) is 6.61. The van der Waals surface area contributed by atoms with Gasteiger partial charge in [0.1, 0.15) is 0 Å². The number of carbonyl (C=O) groups is 2. The molecule has 0 atom stereocenters. The van der Waals surface area contributed by atoms with Gasteiger partial charge in [-0.2, -0.15) is 0 Å². The van der Waals surface area contributed by atoms with Crippen LogP contribution in [-0.4, -0.2) is 11.8 Å². The number of amides is 2. The van der Waals surface area contributed by atoms with Crippen LogP contribution in [0.3, 0.4) is 0 Å². The Morgan fingerprint density at radius 1 is 0.947 bits per heavy atom. The van der Waals surface area contributed by atoms with E-state index in [9.17, 15) is 9.59 Å². The van der Waals surface area contributed by atoms with E-state index in [1.165, 1.54) is 13.8 Å². The smallest absolute Gasteiger partial charge is 0.221 e. The van der Waals surface area contributed by atoms with Gasteiger partial charge in [0.25, 0.3) is 0 Å². The van der Waals surface area contributed by atoms with E-state index in [-0.39, 0.29) is 11.8 Å². The molecule has 2 N–H and O–H groups in total. The van der Waals surface area contributed by atoms with Gasteiger partial charge in [-0.3, -0.25) is 9.59 Å². The van der Waals surface area contributed by atoms with Crippen molar-refractivity contribution >= 4 is 23.2 Å². The molecule has 0 saturated heterocycles. The summed E-state index contributed by atoms with van der Waals surface area (Å²) < 4.78 is 0. The molecule has 0 unspecified atom stereocenters. The molecule has 1 aromatic rings. The summed E-state index contributed by atoms with van der Waals surface area (Å²) in [7, 11) is 0. The molecular weight excluding hydrogens is 240 g/mol. The molecule has 1 rings (SSSR count).